The summed E-state index contributed by atoms with van der Waals surface area (Å²) in [5.41, 5.74) is 3.44. The highest BCUT2D eigenvalue weighted by molar-refractivity contribution is 5.84. The van der Waals surface area contributed by atoms with E-state index in [2.05, 4.69) is 21.7 Å². The summed E-state index contributed by atoms with van der Waals surface area (Å²) in [6.45, 7) is 0.355. The molecule has 2 heterocycles. The molecule has 0 aromatic heterocycles. The third kappa shape index (κ3) is 2.30. The van der Waals surface area contributed by atoms with E-state index in [1.807, 2.05) is 0 Å². The highest BCUT2D eigenvalue weighted by Gasteiger charge is 2.44. The molecule has 6 N–H and O–H groups in total. The lowest BCUT2D eigenvalue weighted by Gasteiger charge is -2.21. The molecule has 9 nitrogen and oxygen atoms in total. The standard InChI is InChI=1S/C9H15N5O4/c10-4(7(15)16)2-1-3-14-6-5(12-9(14)18)11-8(17)13-6/h4-6H,1-3,10H2,(H,12,18)(H,15,16)(H2,11,13,17)/t4-,5+,6+/m1/s1. The summed E-state index contributed by atoms with van der Waals surface area (Å²) in [6.07, 6.45) is -0.0441. The van der Waals surface area contributed by atoms with E-state index in [1.165, 1.54) is 4.90 Å². The van der Waals surface area contributed by atoms with Crippen LogP contribution in [0.5, 0.6) is 0 Å². The Kier molecular flexibility index (Phi) is 3.24. The molecule has 9 heteroatoms. The molecule has 0 aliphatic carbocycles. The van der Waals surface area contributed by atoms with Gasteiger partial charge in [-0.2, -0.15) is 0 Å². The number of carboxylic acids is 1. The van der Waals surface area contributed by atoms with Crippen molar-refractivity contribution < 1.29 is 25.2 Å². The number of aliphatic carboxylic acids is 1. The third-order valence-electron chi connectivity index (χ3n) is 3.04. The van der Waals surface area contributed by atoms with Crippen LogP contribution in [0.2, 0.25) is 0 Å². The van der Waals surface area contributed by atoms with Crippen molar-refractivity contribution in [3.05, 3.63) is 0 Å². The third-order valence-corrected chi connectivity index (χ3v) is 3.04. The highest BCUT2D eigenvalue weighted by atomic mass is 16.4. The minimum atomic E-state index is -1.20. The number of carbonyl (C=O) groups excluding carboxylic acids is 3. The summed E-state index contributed by atoms with van der Waals surface area (Å²) < 4.78 is 0. The quantitative estimate of drug-likeness (QED) is 0.399. The second-order valence-corrected chi connectivity index (χ2v) is 4.34. The number of carbonyl (C=O) groups is 3. The zero-order valence-electron chi connectivity index (χ0n) is 9.64. The number of nitrogens with zero attached hydrogens (tertiary/aromatic N) is 1. The van der Waals surface area contributed by atoms with Gasteiger partial charge in [0.25, 0.3) is 0 Å². The van der Waals surface area contributed by atoms with E-state index in [0.717, 1.165) is 0 Å². The second-order valence-electron chi connectivity index (χ2n) is 4.34. The van der Waals surface area contributed by atoms with Crippen molar-refractivity contribution in [3.63, 3.8) is 0 Å². The number of carboxylic acid groups (broad SMARTS) is 1. The predicted octanol–water partition coefficient (Wildman–Crippen LogP) is -3.88. The first-order valence-electron chi connectivity index (χ1n) is 5.67. The average Bonchev–Trinajstić information content (AvgIpc) is 2.76. The Morgan fingerprint density at radius 1 is 1.39 bits per heavy atom. The molecule has 3 atom stereocenters. The lowest BCUT2D eigenvalue weighted by molar-refractivity contribution is -0.438. The molecular weight excluding hydrogens is 242 g/mol. The molecule has 18 heavy (non-hydrogen) atoms. The first kappa shape index (κ1) is 12.4. The van der Waals surface area contributed by atoms with Gasteiger partial charge in [0.05, 0.1) is 5.97 Å². The molecule has 0 unspecified atom stereocenters. The molecule has 0 bridgehead atoms. The SMILES string of the molecule is [NH3+][C@H](CCCN1C(=O)N[C@@H]2NC(=O)N[C@H]21)C(=O)[O-]. The number of nitrogens with one attached hydrogen (secondary N) is 3. The van der Waals surface area contributed by atoms with E-state index in [4.69, 9.17) is 0 Å². The van der Waals surface area contributed by atoms with E-state index < -0.39 is 24.3 Å². The zero-order valence-corrected chi connectivity index (χ0v) is 9.64. The van der Waals surface area contributed by atoms with Gasteiger partial charge in [-0.1, -0.05) is 0 Å². The minimum Gasteiger partial charge on any atom is -0.544 e. The Bertz CT molecular complexity index is 387. The van der Waals surface area contributed by atoms with Crippen LogP contribution < -0.4 is 26.8 Å². The minimum absolute atomic E-state index is 0.286. The second kappa shape index (κ2) is 4.69. The molecule has 0 saturated carbocycles. The first-order valence-corrected chi connectivity index (χ1v) is 5.67. The molecule has 2 aliphatic heterocycles. The summed E-state index contributed by atoms with van der Waals surface area (Å²) in [6, 6.07) is -1.41. The Labute approximate surface area is 103 Å². The van der Waals surface area contributed by atoms with Crippen molar-refractivity contribution in [2.24, 2.45) is 0 Å². The van der Waals surface area contributed by atoms with Gasteiger partial charge in [0.1, 0.15) is 18.4 Å². The van der Waals surface area contributed by atoms with Gasteiger partial charge < -0.3 is 36.5 Å². The summed E-state index contributed by atoms with van der Waals surface area (Å²) >= 11 is 0. The maximum atomic E-state index is 11.6. The van der Waals surface area contributed by atoms with Gasteiger partial charge in [0, 0.05) is 13.0 Å². The number of urea groups is 2. The van der Waals surface area contributed by atoms with E-state index >= 15 is 0 Å². The normalized spacial score (nSPS) is 27.3. The van der Waals surface area contributed by atoms with Gasteiger partial charge in [0.2, 0.25) is 0 Å². The van der Waals surface area contributed by atoms with E-state index in [0.29, 0.717) is 19.4 Å². The fraction of sp³-hybridized carbons (Fsp3) is 0.667. The molecule has 0 aromatic carbocycles. The average molecular weight is 257 g/mol. The van der Waals surface area contributed by atoms with Gasteiger partial charge in [-0.25, -0.2) is 9.59 Å². The van der Waals surface area contributed by atoms with Gasteiger partial charge >= 0.3 is 12.1 Å². The van der Waals surface area contributed by atoms with Crippen LogP contribution in [-0.4, -0.2) is 47.8 Å². The maximum absolute atomic E-state index is 11.6. The molecule has 0 aromatic rings. The monoisotopic (exact) mass is 257 g/mol. The Morgan fingerprint density at radius 2 is 2.11 bits per heavy atom. The van der Waals surface area contributed by atoms with E-state index in [1.54, 1.807) is 0 Å². The maximum Gasteiger partial charge on any atom is 0.320 e. The largest absolute Gasteiger partial charge is 0.544 e. The van der Waals surface area contributed by atoms with E-state index in [9.17, 15) is 19.5 Å². The fourth-order valence-corrected chi connectivity index (χ4v) is 2.06. The molecule has 100 valence electrons. The lowest BCUT2D eigenvalue weighted by atomic mass is 10.1. The van der Waals surface area contributed by atoms with Crippen molar-refractivity contribution in [2.45, 2.75) is 31.2 Å². The molecule has 2 fully saturated rings. The molecule has 0 spiro atoms. The van der Waals surface area contributed by atoms with Gasteiger partial charge in [-0.3, -0.25) is 0 Å². The highest BCUT2D eigenvalue weighted by Crippen LogP contribution is 2.14. The van der Waals surface area contributed by atoms with Gasteiger partial charge in [-0.05, 0) is 6.42 Å². The van der Waals surface area contributed by atoms with Gasteiger partial charge in [0.15, 0.2) is 0 Å². The van der Waals surface area contributed by atoms with Crippen LogP contribution in [0.1, 0.15) is 12.8 Å². The Hall–Kier alpha value is -2.03. The summed E-state index contributed by atoms with van der Waals surface area (Å²) in [7, 11) is 0. The zero-order chi connectivity index (χ0) is 13.3. The van der Waals surface area contributed by atoms with Crippen LogP contribution in [0.25, 0.3) is 0 Å². The molecular formula is C9H15N5O4. The first-order chi connectivity index (χ1) is 8.49. The van der Waals surface area contributed by atoms with Crippen molar-refractivity contribution in [1.29, 1.82) is 0 Å². The van der Waals surface area contributed by atoms with Crippen LogP contribution in [0.4, 0.5) is 9.59 Å². The Morgan fingerprint density at radius 3 is 2.78 bits per heavy atom. The summed E-state index contributed by atoms with van der Waals surface area (Å²) in [5, 5.41) is 18.2. The smallest absolute Gasteiger partial charge is 0.320 e. The molecule has 4 amide bonds. The van der Waals surface area contributed by atoms with Crippen LogP contribution in [0, 0.1) is 0 Å². The molecule has 2 rings (SSSR count). The summed E-state index contributed by atoms with van der Waals surface area (Å²) in [5.74, 6) is -1.20. The van der Waals surface area contributed by atoms with Crippen LogP contribution >= 0.6 is 0 Å². The number of amides is 4. The van der Waals surface area contributed by atoms with Crippen LogP contribution in [0.3, 0.4) is 0 Å². The molecule has 2 saturated heterocycles. The van der Waals surface area contributed by atoms with Crippen molar-refractivity contribution in [1.82, 2.24) is 20.9 Å². The molecule has 0 radical (unpaired) electrons. The van der Waals surface area contributed by atoms with Gasteiger partial charge in [-0.15, -0.1) is 0 Å². The predicted molar refractivity (Wildman–Crippen MR) is 55.4 cm³/mol. The number of hydrogen-bond donors (Lipinski definition) is 4. The lowest BCUT2D eigenvalue weighted by Crippen LogP contribution is -2.68. The Balaban J connectivity index is 1.83. The number of rotatable bonds is 5. The number of quaternary nitrogens is 1. The number of hydrogen-bond acceptors (Lipinski definition) is 4. The van der Waals surface area contributed by atoms with Crippen LogP contribution in [-0.2, 0) is 4.79 Å². The number of fused-ring (bicyclic) bond motifs is 1. The summed E-state index contributed by atoms with van der Waals surface area (Å²) in [4.78, 5) is 34.6. The van der Waals surface area contributed by atoms with E-state index in [-0.39, 0.29) is 12.1 Å². The molecule has 2 aliphatic rings. The topological polar surface area (TPSA) is 141 Å². The van der Waals surface area contributed by atoms with Crippen molar-refractivity contribution in [2.75, 3.05) is 6.54 Å². The van der Waals surface area contributed by atoms with Crippen LogP contribution in [0.15, 0.2) is 0 Å². The van der Waals surface area contributed by atoms with Crippen molar-refractivity contribution in [3.8, 4) is 0 Å². The van der Waals surface area contributed by atoms with Crippen molar-refractivity contribution >= 4 is 18.0 Å². The fourth-order valence-electron chi connectivity index (χ4n) is 2.06.